The molecule has 0 radical (unpaired) electrons. The van der Waals surface area contributed by atoms with Crippen molar-refractivity contribution >= 4 is 17.4 Å². The van der Waals surface area contributed by atoms with Gasteiger partial charge in [-0.3, -0.25) is 9.59 Å². The summed E-state index contributed by atoms with van der Waals surface area (Å²) in [5.74, 6) is -0.362. The molecule has 5 heteroatoms. The van der Waals surface area contributed by atoms with Crippen molar-refractivity contribution < 1.29 is 9.59 Å². The number of para-hydroxylation sites is 1. The second-order valence-corrected chi connectivity index (χ2v) is 5.06. The van der Waals surface area contributed by atoms with Crippen molar-refractivity contribution in [1.29, 1.82) is 0 Å². The Labute approximate surface area is 133 Å². The minimum absolute atomic E-state index is 0.0915. The highest BCUT2D eigenvalue weighted by Crippen LogP contribution is 2.17. The van der Waals surface area contributed by atoms with E-state index >= 15 is 0 Å². The zero-order valence-corrected chi connectivity index (χ0v) is 12.6. The number of aromatic nitrogens is 2. The summed E-state index contributed by atoms with van der Waals surface area (Å²) in [6, 6.07) is 15.9. The van der Waals surface area contributed by atoms with E-state index in [1.165, 1.54) is 6.92 Å². The highest BCUT2D eigenvalue weighted by molar-refractivity contribution is 6.09. The fourth-order valence-corrected chi connectivity index (χ4v) is 2.30. The summed E-state index contributed by atoms with van der Waals surface area (Å²) in [6.07, 6.45) is 3.48. The van der Waals surface area contributed by atoms with Crippen LogP contribution in [0.25, 0.3) is 5.69 Å². The number of carbonyl (C=O) groups excluding carboxylic acids is 2. The standard InChI is InChI=1S/C18H15N3O2/c1-13(22)16-8-2-3-9-17(16)20-18(23)14-6-4-7-15(12-14)21-11-5-10-19-21/h2-12H,1H3,(H,20,23). The average molecular weight is 305 g/mol. The van der Waals surface area contributed by atoms with Crippen molar-refractivity contribution in [2.75, 3.05) is 5.32 Å². The maximum Gasteiger partial charge on any atom is 0.255 e. The van der Waals surface area contributed by atoms with Crippen molar-refractivity contribution in [3.8, 4) is 5.69 Å². The molecule has 1 aromatic heterocycles. The number of benzene rings is 2. The minimum Gasteiger partial charge on any atom is -0.321 e. The molecule has 0 saturated carbocycles. The summed E-state index contributed by atoms with van der Waals surface area (Å²) in [7, 11) is 0. The second kappa shape index (κ2) is 6.27. The zero-order valence-electron chi connectivity index (χ0n) is 12.6. The van der Waals surface area contributed by atoms with Gasteiger partial charge in [0.25, 0.3) is 5.91 Å². The lowest BCUT2D eigenvalue weighted by Crippen LogP contribution is -2.14. The monoisotopic (exact) mass is 305 g/mol. The summed E-state index contributed by atoms with van der Waals surface area (Å²) >= 11 is 0. The largest absolute Gasteiger partial charge is 0.321 e. The molecule has 0 fully saturated rings. The number of ketones is 1. The minimum atomic E-state index is -0.271. The van der Waals surface area contributed by atoms with Crippen molar-refractivity contribution in [1.82, 2.24) is 9.78 Å². The molecule has 5 nitrogen and oxygen atoms in total. The fourth-order valence-electron chi connectivity index (χ4n) is 2.30. The molecule has 3 aromatic rings. The molecule has 0 spiro atoms. The van der Waals surface area contributed by atoms with Gasteiger partial charge in [-0.2, -0.15) is 5.10 Å². The Bertz CT molecular complexity index is 854. The Kier molecular flexibility index (Phi) is 4.01. The number of nitrogens with zero attached hydrogens (tertiary/aromatic N) is 2. The van der Waals surface area contributed by atoms with Crippen molar-refractivity contribution in [3.63, 3.8) is 0 Å². The highest BCUT2D eigenvalue weighted by atomic mass is 16.1. The third-order valence-electron chi connectivity index (χ3n) is 3.43. The molecule has 1 N–H and O–H groups in total. The maximum absolute atomic E-state index is 12.5. The van der Waals surface area contributed by atoms with Crippen LogP contribution in [0.2, 0.25) is 0 Å². The lowest BCUT2D eigenvalue weighted by Gasteiger charge is -2.10. The van der Waals surface area contributed by atoms with E-state index in [1.54, 1.807) is 53.3 Å². The number of carbonyl (C=O) groups is 2. The summed E-state index contributed by atoms with van der Waals surface area (Å²) in [5.41, 5.74) is 2.29. The highest BCUT2D eigenvalue weighted by Gasteiger charge is 2.12. The summed E-state index contributed by atoms with van der Waals surface area (Å²) in [4.78, 5) is 24.1. The van der Waals surface area contributed by atoms with Crippen LogP contribution in [0, 0.1) is 0 Å². The van der Waals surface area contributed by atoms with Gasteiger partial charge in [-0.05, 0) is 43.3 Å². The van der Waals surface area contributed by atoms with Crippen LogP contribution in [0.5, 0.6) is 0 Å². The topological polar surface area (TPSA) is 64.0 Å². The summed E-state index contributed by atoms with van der Waals surface area (Å²) in [6.45, 7) is 1.48. The van der Waals surface area contributed by atoms with Gasteiger partial charge in [0.2, 0.25) is 0 Å². The SMILES string of the molecule is CC(=O)c1ccccc1NC(=O)c1cccc(-n2cccn2)c1. The Hall–Kier alpha value is -3.21. The number of Topliss-reactive ketones (excluding diaryl/α,β-unsaturated/α-hetero) is 1. The number of nitrogens with one attached hydrogen (secondary N) is 1. The lowest BCUT2D eigenvalue weighted by molar-refractivity contribution is 0.101. The first-order chi connectivity index (χ1) is 11.1. The van der Waals surface area contributed by atoms with Gasteiger partial charge in [-0.25, -0.2) is 4.68 Å². The average Bonchev–Trinajstić information content (AvgIpc) is 3.10. The smallest absolute Gasteiger partial charge is 0.255 e. The fraction of sp³-hybridized carbons (Fsp3) is 0.0556. The van der Waals surface area contributed by atoms with Crippen LogP contribution in [0.3, 0.4) is 0 Å². The van der Waals surface area contributed by atoms with Gasteiger partial charge in [0, 0.05) is 23.5 Å². The van der Waals surface area contributed by atoms with E-state index in [0.29, 0.717) is 16.8 Å². The molecule has 114 valence electrons. The molecule has 0 unspecified atom stereocenters. The van der Waals surface area contributed by atoms with Crippen LogP contribution in [0.1, 0.15) is 27.6 Å². The first-order valence-corrected chi connectivity index (χ1v) is 7.16. The number of hydrogen-bond acceptors (Lipinski definition) is 3. The van der Waals surface area contributed by atoms with Gasteiger partial charge in [-0.1, -0.05) is 18.2 Å². The van der Waals surface area contributed by atoms with E-state index in [4.69, 9.17) is 0 Å². The zero-order chi connectivity index (χ0) is 16.2. The first-order valence-electron chi connectivity index (χ1n) is 7.16. The summed E-state index contributed by atoms with van der Waals surface area (Å²) in [5, 5.41) is 6.94. The molecule has 0 bridgehead atoms. The second-order valence-electron chi connectivity index (χ2n) is 5.06. The van der Waals surface area contributed by atoms with Gasteiger partial charge in [0.15, 0.2) is 5.78 Å². The Morgan fingerprint density at radius 2 is 1.87 bits per heavy atom. The number of hydrogen-bond donors (Lipinski definition) is 1. The van der Waals surface area contributed by atoms with E-state index in [2.05, 4.69) is 10.4 Å². The number of rotatable bonds is 4. The molecular formula is C18H15N3O2. The van der Waals surface area contributed by atoms with Crippen LogP contribution in [0.15, 0.2) is 67.0 Å². The van der Waals surface area contributed by atoms with Gasteiger partial charge in [0.1, 0.15) is 0 Å². The molecule has 0 saturated heterocycles. The third kappa shape index (κ3) is 3.18. The Morgan fingerprint density at radius 3 is 2.61 bits per heavy atom. The Morgan fingerprint density at radius 1 is 1.04 bits per heavy atom. The Balaban J connectivity index is 1.87. The third-order valence-corrected chi connectivity index (χ3v) is 3.43. The van der Waals surface area contributed by atoms with Crippen molar-refractivity contribution in [3.05, 3.63) is 78.1 Å². The molecule has 1 amide bonds. The first kappa shape index (κ1) is 14.7. The van der Waals surface area contributed by atoms with E-state index in [-0.39, 0.29) is 11.7 Å². The van der Waals surface area contributed by atoms with Crippen LogP contribution in [-0.2, 0) is 0 Å². The molecule has 0 aliphatic heterocycles. The molecule has 0 atom stereocenters. The molecule has 1 heterocycles. The molecule has 23 heavy (non-hydrogen) atoms. The van der Waals surface area contributed by atoms with Crippen LogP contribution < -0.4 is 5.32 Å². The maximum atomic E-state index is 12.5. The molecular weight excluding hydrogens is 290 g/mol. The predicted molar refractivity (Wildman–Crippen MR) is 88.0 cm³/mol. The predicted octanol–water partition coefficient (Wildman–Crippen LogP) is 3.33. The molecule has 2 aromatic carbocycles. The summed E-state index contributed by atoms with van der Waals surface area (Å²) < 4.78 is 1.68. The lowest BCUT2D eigenvalue weighted by atomic mass is 10.1. The van der Waals surface area contributed by atoms with Crippen molar-refractivity contribution in [2.45, 2.75) is 6.92 Å². The molecule has 0 aliphatic rings. The van der Waals surface area contributed by atoms with E-state index in [9.17, 15) is 9.59 Å². The van der Waals surface area contributed by atoms with Crippen LogP contribution in [-0.4, -0.2) is 21.5 Å². The quantitative estimate of drug-likeness (QED) is 0.752. The van der Waals surface area contributed by atoms with Crippen LogP contribution in [0.4, 0.5) is 5.69 Å². The number of amides is 1. The van der Waals surface area contributed by atoms with E-state index in [1.807, 2.05) is 18.3 Å². The van der Waals surface area contributed by atoms with E-state index < -0.39 is 0 Å². The van der Waals surface area contributed by atoms with Gasteiger partial charge < -0.3 is 5.32 Å². The van der Waals surface area contributed by atoms with Gasteiger partial charge >= 0.3 is 0 Å². The molecule has 0 aliphatic carbocycles. The van der Waals surface area contributed by atoms with Crippen LogP contribution >= 0.6 is 0 Å². The van der Waals surface area contributed by atoms with Crippen molar-refractivity contribution in [2.24, 2.45) is 0 Å². The normalized spacial score (nSPS) is 10.3. The molecule has 3 rings (SSSR count). The van der Waals surface area contributed by atoms with Gasteiger partial charge in [0.05, 0.1) is 11.4 Å². The van der Waals surface area contributed by atoms with Gasteiger partial charge in [-0.15, -0.1) is 0 Å². The number of anilines is 1. The van der Waals surface area contributed by atoms with E-state index in [0.717, 1.165) is 5.69 Å².